The molecule has 13 nitrogen and oxygen atoms in total. The van der Waals surface area contributed by atoms with Crippen molar-refractivity contribution in [2.45, 2.75) is 76.2 Å². The summed E-state index contributed by atoms with van der Waals surface area (Å²) < 4.78 is 12.0. The van der Waals surface area contributed by atoms with Crippen molar-refractivity contribution in [2.24, 2.45) is 0 Å². The number of ether oxygens (including phenoxy) is 2. The van der Waals surface area contributed by atoms with Crippen LogP contribution in [0.2, 0.25) is 0 Å². The van der Waals surface area contributed by atoms with Gasteiger partial charge in [0.15, 0.2) is 11.6 Å². The lowest BCUT2D eigenvalue weighted by Gasteiger charge is -2.36. The van der Waals surface area contributed by atoms with Crippen LogP contribution in [0.3, 0.4) is 0 Å². The molecular formula is C37H36N6O7. The number of carbonyl (C=O) groups excluding carboxylic acids is 4. The molecule has 7 rings (SSSR count). The molecule has 1 saturated carbocycles. The molecule has 2 aromatic heterocycles. The summed E-state index contributed by atoms with van der Waals surface area (Å²) >= 11 is 0. The first-order chi connectivity index (χ1) is 24.0. The molecule has 4 amide bonds. The molecule has 2 fully saturated rings. The van der Waals surface area contributed by atoms with E-state index in [0.29, 0.717) is 28.8 Å². The van der Waals surface area contributed by atoms with E-state index in [4.69, 9.17) is 14.5 Å². The Labute approximate surface area is 288 Å². The zero-order valence-corrected chi connectivity index (χ0v) is 27.8. The minimum absolute atomic E-state index is 0.00463. The molecule has 13 heteroatoms. The second-order valence-electron chi connectivity index (χ2n) is 13.3. The van der Waals surface area contributed by atoms with Crippen LogP contribution in [0.5, 0.6) is 17.2 Å². The van der Waals surface area contributed by atoms with E-state index in [1.807, 2.05) is 36.4 Å². The van der Waals surface area contributed by atoms with E-state index >= 15 is 0 Å². The normalized spacial score (nSPS) is 20.9. The highest BCUT2D eigenvalue weighted by Crippen LogP contribution is 2.35. The largest absolute Gasteiger partial charge is 0.489 e. The highest BCUT2D eigenvalue weighted by atomic mass is 16.5. The van der Waals surface area contributed by atoms with Gasteiger partial charge in [-0.15, -0.1) is 0 Å². The van der Waals surface area contributed by atoms with Crippen LogP contribution in [0.1, 0.15) is 90.4 Å². The first kappa shape index (κ1) is 32.8. The second-order valence-corrected chi connectivity index (χ2v) is 13.3. The van der Waals surface area contributed by atoms with Crippen molar-refractivity contribution in [2.75, 3.05) is 5.32 Å². The Balaban J connectivity index is 0.910. The number of nitrogens with one attached hydrogen (secondary N) is 2. The molecule has 1 aliphatic carbocycles. The number of aliphatic hydroxyl groups is 1. The quantitative estimate of drug-likeness (QED) is 0.202. The number of imide groups is 2. The number of carbonyl (C=O) groups is 4. The van der Waals surface area contributed by atoms with Gasteiger partial charge in [0, 0.05) is 36.4 Å². The monoisotopic (exact) mass is 676 g/mol. The van der Waals surface area contributed by atoms with Crippen molar-refractivity contribution < 1.29 is 33.8 Å². The molecule has 2 atom stereocenters. The summed E-state index contributed by atoms with van der Waals surface area (Å²) in [5, 5.41) is 15.2. The van der Waals surface area contributed by atoms with Crippen molar-refractivity contribution >= 4 is 29.3 Å². The molecule has 3 aliphatic rings. The summed E-state index contributed by atoms with van der Waals surface area (Å²) in [6.07, 6.45) is 5.73. The van der Waals surface area contributed by atoms with Crippen LogP contribution >= 0.6 is 0 Å². The minimum Gasteiger partial charge on any atom is -0.489 e. The van der Waals surface area contributed by atoms with Crippen molar-refractivity contribution in [3.05, 3.63) is 101 Å². The summed E-state index contributed by atoms with van der Waals surface area (Å²) in [7, 11) is 0. The highest BCUT2D eigenvalue weighted by Gasteiger charge is 2.45. The van der Waals surface area contributed by atoms with E-state index in [1.165, 1.54) is 12.4 Å². The molecule has 4 heterocycles. The Hall–Kier alpha value is -5.69. The first-order valence-corrected chi connectivity index (χ1v) is 16.5. The number of piperidine rings is 1. The Morgan fingerprint density at radius 3 is 2.22 bits per heavy atom. The number of hydrogen-bond donors (Lipinski definition) is 3. The van der Waals surface area contributed by atoms with Crippen LogP contribution in [0.4, 0.5) is 5.69 Å². The Bertz CT molecular complexity index is 1960. The van der Waals surface area contributed by atoms with E-state index in [0.717, 1.165) is 29.0 Å². The number of rotatable bonds is 10. The van der Waals surface area contributed by atoms with Gasteiger partial charge in [-0.05, 0) is 61.4 Å². The van der Waals surface area contributed by atoms with E-state index < -0.39 is 35.8 Å². The Morgan fingerprint density at radius 2 is 1.56 bits per heavy atom. The third-order valence-electron chi connectivity index (χ3n) is 9.42. The van der Waals surface area contributed by atoms with Gasteiger partial charge in [0.2, 0.25) is 11.8 Å². The lowest BCUT2D eigenvalue weighted by atomic mass is 9.81. The van der Waals surface area contributed by atoms with Gasteiger partial charge in [0.1, 0.15) is 29.7 Å². The fourth-order valence-electron chi connectivity index (χ4n) is 6.41. The average Bonchev–Trinajstić information content (AvgIpc) is 3.32. The van der Waals surface area contributed by atoms with Crippen LogP contribution < -0.4 is 20.1 Å². The number of hydrogen-bond acceptors (Lipinski definition) is 11. The smallest absolute Gasteiger partial charge is 0.262 e. The number of benzene rings is 2. The number of nitrogens with zero attached hydrogens (tertiary/aromatic N) is 4. The lowest BCUT2D eigenvalue weighted by molar-refractivity contribution is -0.136. The van der Waals surface area contributed by atoms with Crippen LogP contribution in [0.15, 0.2) is 73.2 Å². The first-order valence-electron chi connectivity index (χ1n) is 16.5. The van der Waals surface area contributed by atoms with Crippen LogP contribution in [-0.2, 0) is 15.0 Å². The number of fused-ring (bicyclic) bond motifs is 1. The standard InChI is InChI=1S/C37H36N6O7/c1-20(44)33-39-18-27(19-40-33)49-24-7-4-21(5-8-24)37(2,3)31-12-9-25(17-38-31)50-26-14-23(15-26)41-22-6-10-28-29(16-22)36(48)43(35(28)47)30-11-13-32(45)42-34(30)46/h4-10,12,16-20,23,26,30,41,44H,11,13-15H2,1-3H3,(H,42,45,46)/t20?,23-,26-,30?. The second kappa shape index (κ2) is 13.0. The van der Waals surface area contributed by atoms with Crippen LogP contribution in [-0.4, -0.2) is 66.8 Å². The summed E-state index contributed by atoms with van der Waals surface area (Å²) in [4.78, 5) is 63.9. The fraction of sp³-hybridized carbons (Fsp3) is 0.324. The molecule has 50 heavy (non-hydrogen) atoms. The van der Waals surface area contributed by atoms with Crippen molar-refractivity contribution in [1.82, 2.24) is 25.2 Å². The highest BCUT2D eigenvalue weighted by molar-refractivity contribution is 6.23. The number of anilines is 1. The van der Waals surface area contributed by atoms with Crippen molar-refractivity contribution in [1.29, 1.82) is 0 Å². The Morgan fingerprint density at radius 1 is 0.880 bits per heavy atom. The third kappa shape index (κ3) is 6.39. The zero-order valence-electron chi connectivity index (χ0n) is 27.8. The summed E-state index contributed by atoms with van der Waals surface area (Å²) in [6, 6.07) is 15.8. The maximum absolute atomic E-state index is 13.1. The van der Waals surface area contributed by atoms with Crippen molar-refractivity contribution in [3.63, 3.8) is 0 Å². The molecule has 2 aliphatic heterocycles. The molecule has 1 saturated heterocycles. The summed E-state index contributed by atoms with van der Waals surface area (Å²) in [6.45, 7) is 5.81. The molecule has 3 N–H and O–H groups in total. The molecule has 2 aromatic carbocycles. The molecule has 256 valence electrons. The van der Waals surface area contributed by atoms with Gasteiger partial charge in [0.05, 0.1) is 35.4 Å². The molecule has 2 unspecified atom stereocenters. The topological polar surface area (TPSA) is 173 Å². The maximum Gasteiger partial charge on any atom is 0.262 e. The number of aromatic nitrogens is 3. The van der Waals surface area contributed by atoms with Crippen LogP contribution in [0, 0.1) is 0 Å². The number of pyridine rings is 1. The number of amides is 4. The molecular weight excluding hydrogens is 640 g/mol. The fourth-order valence-corrected chi connectivity index (χ4v) is 6.41. The van der Waals surface area contributed by atoms with Crippen molar-refractivity contribution in [3.8, 4) is 17.2 Å². The summed E-state index contributed by atoms with van der Waals surface area (Å²) in [5.74, 6) is 0.0301. The van der Waals surface area contributed by atoms with Gasteiger partial charge in [-0.25, -0.2) is 9.97 Å². The Kier molecular flexibility index (Phi) is 8.52. The minimum atomic E-state index is -0.994. The predicted octanol–water partition coefficient (Wildman–Crippen LogP) is 4.47. The van der Waals surface area contributed by atoms with E-state index in [1.54, 1.807) is 31.3 Å². The SMILES string of the molecule is CC(O)c1ncc(Oc2ccc(C(C)(C)c3ccc(O[C@H]4C[C@H](Nc5ccc6c(c5)C(=O)N(C5CCC(=O)NC5=O)C6=O)C4)cn3)cc2)cn1. The summed E-state index contributed by atoms with van der Waals surface area (Å²) in [5.41, 5.74) is 2.75. The molecule has 0 bridgehead atoms. The lowest BCUT2D eigenvalue weighted by Crippen LogP contribution is -2.54. The van der Waals surface area contributed by atoms with Gasteiger partial charge in [0.25, 0.3) is 11.8 Å². The molecule has 0 radical (unpaired) electrons. The van der Waals surface area contributed by atoms with Gasteiger partial charge < -0.3 is 19.9 Å². The van der Waals surface area contributed by atoms with Gasteiger partial charge in [-0.3, -0.25) is 34.4 Å². The van der Waals surface area contributed by atoms with E-state index in [2.05, 4.69) is 34.4 Å². The maximum atomic E-state index is 13.1. The molecule has 4 aromatic rings. The van der Waals surface area contributed by atoms with E-state index in [-0.39, 0.29) is 41.5 Å². The van der Waals surface area contributed by atoms with Gasteiger partial charge in [-0.1, -0.05) is 26.0 Å². The van der Waals surface area contributed by atoms with Gasteiger partial charge >= 0.3 is 0 Å². The average molecular weight is 677 g/mol. The third-order valence-corrected chi connectivity index (χ3v) is 9.42. The number of aliphatic hydroxyl groups excluding tert-OH is 1. The van der Waals surface area contributed by atoms with E-state index in [9.17, 15) is 24.3 Å². The molecule has 0 spiro atoms. The zero-order chi connectivity index (χ0) is 35.2. The predicted molar refractivity (Wildman–Crippen MR) is 180 cm³/mol. The van der Waals surface area contributed by atoms with Gasteiger partial charge in [-0.2, -0.15) is 0 Å². The van der Waals surface area contributed by atoms with Crippen LogP contribution in [0.25, 0.3) is 0 Å².